The lowest BCUT2D eigenvalue weighted by Crippen LogP contribution is -2.28. The minimum atomic E-state index is -0.0224. The Hall–Kier alpha value is -1.71. The van der Waals surface area contributed by atoms with Crippen molar-refractivity contribution >= 4 is 22.6 Å². The van der Waals surface area contributed by atoms with Crippen LogP contribution in [0.1, 0.15) is 19.7 Å². The quantitative estimate of drug-likeness (QED) is 0.788. The van der Waals surface area contributed by atoms with Crippen LogP contribution < -0.4 is 0 Å². The molecule has 0 aromatic carbocycles. The van der Waals surface area contributed by atoms with Crippen molar-refractivity contribution in [1.82, 2.24) is 24.6 Å². The van der Waals surface area contributed by atoms with Gasteiger partial charge in [0.1, 0.15) is 11.0 Å². The Bertz CT molecular complexity index is 644. The highest BCUT2D eigenvalue weighted by molar-refractivity contribution is 6.33. The van der Waals surface area contributed by atoms with Gasteiger partial charge in [-0.1, -0.05) is 18.5 Å². The maximum absolute atomic E-state index is 8.90. The fourth-order valence-corrected chi connectivity index (χ4v) is 2.27. The van der Waals surface area contributed by atoms with Crippen molar-refractivity contribution in [3.63, 3.8) is 0 Å². The second-order valence-electron chi connectivity index (χ2n) is 4.79. The van der Waals surface area contributed by atoms with Gasteiger partial charge < -0.3 is 0 Å². The predicted octanol–water partition coefficient (Wildman–Crippen LogP) is 2.00. The van der Waals surface area contributed by atoms with E-state index in [9.17, 15) is 0 Å². The van der Waals surface area contributed by atoms with Crippen LogP contribution in [0.5, 0.6) is 0 Å². The molecule has 0 bridgehead atoms. The Morgan fingerprint density at radius 3 is 2.90 bits per heavy atom. The van der Waals surface area contributed by atoms with Gasteiger partial charge in [-0.2, -0.15) is 10.4 Å². The van der Waals surface area contributed by atoms with E-state index in [1.54, 1.807) is 10.9 Å². The molecule has 2 heterocycles. The Balaban J connectivity index is 2.24. The number of fused-ring (bicyclic) bond motifs is 1. The average molecular weight is 293 g/mol. The molecule has 2 rings (SSSR count). The number of nitriles is 1. The van der Waals surface area contributed by atoms with Crippen LogP contribution in [0.2, 0.25) is 5.15 Å². The fourth-order valence-electron chi connectivity index (χ4n) is 2.03. The number of hydrogen-bond donors (Lipinski definition) is 0. The van der Waals surface area contributed by atoms with Crippen LogP contribution in [0, 0.1) is 17.2 Å². The third-order valence-corrected chi connectivity index (χ3v) is 3.44. The predicted molar refractivity (Wildman–Crippen MR) is 77.0 cm³/mol. The van der Waals surface area contributed by atoms with E-state index in [1.165, 1.54) is 0 Å². The summed E-state index contributed by atoms with van der Waals surface area (Å²) in [6.45, 7) is 6.05. The maximum atomic E-state index is 8.90. The summed E-state index contributed by atoms with van der Waals surface area (Å²) in [5.74, 6) is 0.629. The third-order valence-electron chi connectivity index (χ3n) is 3.16. The first-order valence-corrected chi connectivity index (χ1v) is 6.89. The van der Waals surface area contributed by atoms with Crippen molar-refractivity contribution in [1.29, 1.82) is 5.26 Å². The molecule has 20 heavy (non-hydrogen) atoms. The molecule has 2 aromatic rings. The SMILES string of the molecule is CCN(Cc1nc(Cl)c2cnn(C)c2n1)CC(C)C#N. The van der Waals surface area contributed by atoms with Crippen LogP contribution in [-0.2, 0) is 13.6 Å². The highest BCUT2D eigenvalue weighted by Gasteiger charge is 2.14. The molecule has 0 aliphatic rings. The molecule has 0 aliphatic heterocycles. The zero-order chi connectivity index (χ0) is 14.7. The van der Waals surface area contributed by atoms with Crippen molar-refractivity contribution in [2.24, 2.45) is 13.0 Å². The monoisotopic (exact) mass is 292 g/mol. The molecule has 2 aromatic heterocycles. The topological polar surface area (TPSA) is 70.6 Å². The van der Waals surface area contributed by atoms with Crippen LogP contribution in [0.3, 0.4) is 0 Å². The van der Waals surface area contributed by atoms with E-state index in [1.807, 2.05) is 20.9 Å². The fraction of sp³-hybridized carbons (Fsp3) is 0.538. The standard InChI is InChI=1S/C13H17ClN6/c1-4-20(7-9(2)5-15)8-11-17-12(14)10-6-16-19(3)13(10)18-11/h6,9H,4,7-8H2,1-3H3. The van der Waals surface area contributed by atoms with Crippen molar-refractivity contribution < 1.29 is 0 Å². The number of aryl methyl sites for hydroxylation is 1. The van der Waals surface area contributed by atoms with Crippen LogP contribution in [0.15, 0.2) is 6.20 Å². The summed E-state index contributed by atoms with van der Waals surface area (Å²) >= 11 is 6.16. The highest BCUT2D eigenvalue weighted by atomic mass is 35.5. The molecule has 0 N–H and O–H groups in total. The van der Waals surface area contributed by atoms with Gasteiger partial charge in [-0.15, -0.1) is 0 Å². The Morgan fingerprint density at radius 2 is 2.25 bits per heavy atom. The molecule has 0 radical (unpaired) electrons. The number of halogens is 1. The lowest BCUT2D eigenvalue weighted by atomic mass is 10.2. The van der Waals surface area contributed by atoms with Gasteiger partial charge in [-0.05, 0) is 13.5 Å². The van der Waals surface area contributed by atoms with Crippen molar-refractivity contribution in [3.8, 4) is 6.07 Å². The van der Waals surface area contributed by atoms with E-state index >= 15 is 0 Å². The zero-order valence-electron chi connectivity index (χ0n) is 11.8. The van der Waals surface area contributed by atoms with Gasteiger partial charge >= 0.3 is 0 Å². The lowest BCUT2D eigenvalue weighted by Gasteiger charge is -2.20. The molecule has 0 saturated carbocycles. The summed E-state index contributed by atoms with van der Waals surface area (Å²) in [4.78, 5) is 10.9. The number of nitrogens with zero attached hydrogens (tertiary/aromatic N) is 6. The summed E-state index contributed by atoms with van der Waals surface area (Å²) in [6.07, 6.45) is 1.66. The van der Waals surface area contributed by atoms with Crippen LogP contribution in [0.4, 0.5) is 0 Å². The van der Waals surface area contributed by atoms with Crippen molar-refractivity contribution in [2.45, 2.75) is 20.4 Å². The molecule has 0 spiro atoms. The van der Waals surface area contributed by atoms with Gasteiger partial charge in [0.2, 0.25) is 0 Å². The van der Waals surface area contributed by atoms with Gasteiger partial charge in [0, 0.05) is 13.6 Å². The molecule has 1 unspecified atom stereocenters. The zero-order valence-corrected chi connectivity index (χ0v) is 12.6. The Morgan fingerprint density at radius 1 is 1.50 bits per heavy atom. The molecule has 106 valence electrons. The van der Waals surface area contributed by atoms with Crippen molar-refractivity contribution in [3.05, 3.63) is 17.2 Å². The maximum Gasteiger partial charge on any atom is 0.162 e. The molecular formula is C13H17ClN6. The molecule has 7 heteroatoms. The molecule has 0 amide bonds. The molecule has 1 atom stereocenters. The number of rotatable bonds is 5. The van der Waals surface area contributed by atoms with Gasteiger partial charge in [0.25, 0.3) is 0 Å². The minimum absolute atomic E-state index is 0.0224. The van der Waals surface area contributed by atoms with E-state index < -0.39 is 0 Å². The Labute approximate surface area is 123 Å². The number of aromatic nitrogens is 4. The molecule has 0 saturated heterocycles. The number of hydrogen-bond acceptors (Lipinski definition) is 5. The summed E-state index contributed by atoms with van der Waals surface area (Å²) < 4.78 is 1.68. The third kappa shape index (κ3) is 3.06. The van der Waals surface area contributed by atoms with Gasteiger partial charge in [-0.3, -0.25) is 9.58 Å². The summed E-state index contributed by atoms with van der Waals surface area (Å²) in [5, 5.41) is 14.2. The normalized spacial score (nSPS) is 12.8. The van der Waals surface area contributed by atoms with E-state index in [0.717, 1.165) is 17.6 Å². The van der Waals surface area contributed by atoms with Crippen LogP contribution >= 0.6 is 11.6 Å². The second-order valence-corrected chi connectivity index (χ2v) is 5.15. The van der Waals surface area contributed by atoms with Gasteiger partial charge in [0.15, 0.2) is 5.65 Å². The second kappa shape index (κ2) is 6.16. The first kappa shape index (κ1) is 14.7. The highest BCUT2D eigenvalue weighted by Crippen LogP contribution is 2.19. The van der Waals surface area contributed by atoms with E-state index in [-0.39, 0.29) is 5.92 Å². The summed E-state index contributed by atoms with van der Waals surface area (Å²) in [5.41, 5.74) is 0.726. The first-order chi connectivity index (χ1) is 9.55. The molecular weight excluding hydrogens is 276 g/mol. The smallest absolute Gasteiger partial charge is 0.162 e. The van der Waals surface area contributed by atoms with Crippen molar-refractivity contribution in [2.75, 3.05) is 13.1 Å². The first-order valence-electron chi connectivity index (χ1n) is 6.51. The average Bonchev–Trinajstić information content (AvgIpc) is 2.80. The molecule has 0 aliphatic carbocycles. The minimum Gasteiger partial charge on any atom is -0.295 e. The van der Waals surface area contributed by atoms with Gasteiger partial charge in [-0.25, -0.2) is 9.97 Å². The van der Waals surface area contributed by atoms with E-state index in [0.29, 0.717) is 24.1 Å². The summed E-state index contributed by atoms with van der Waals surface area (Å²) in [6, 6.07) is 2.24. The van der Waals surface area contributed by atoms with Crippen LogP contribution in [-0.4, -0.2) is 37.7 Å². The lowest BCUT2D eigenvalue weighted by molar-refractivity contribution is 0.254. The van der Waals surface area contributed by atoms with E-state index in [2.05, 4.69) is 26.0 Å². The van der Waals surface area contributed by atoms with Crippen LogP contribution in [0.25, 0.3) is 11.0 Å². The summed E-state index contributed by atoms with van der Waals surface area (Å²) in [7, 11) is 1.82. The van der Waals surface area contributed by atoms with E-state index in [4.69, 9.17) is 16.9 Å². The Kier molecular flexibility index (Phi) is 4.53. The van der Waals surface area contributed by atoms with Gasteiger partial charge in [0.05, 0.1) is 30.1 Å². The largest absolute Gasteiger partial charge is 0.295 e. The molecule has 6 nitrogen and oxygen atoms in total. The molecule has 0 fully saturated rings.